The molecule has 0 saturated carbocycles. The van der Waals surface area contributed by atoms with Gasteiger partial charge in [0.05, 0.1) is 13.5 Å². The predicted molar refractivity (Wildman–Crippen MR) is 61.7 cm³/mol. The van der Waals surface area contributed by atoms with Crippen molar-refractivity contribution in [2.24, 2.45) is 0 Å². The Hall–Kier alpha value is -2.37. The van der Waals surface area contributed by atoms with Crippen LogP contribution in [0.1, 0.15) is 12.3 Å². The number of rotatable bonds is 4. The zero-order chi connectivity index (χ0) is 13.0. The Labute approximate surface area is 103 Å². The van der Waals surface area contributed by atoms with Gasteiger partial charge in [0.1, 0.15) is 5.75 Å². The molecule has 1 heterocycles. The van der Waals surface area contributed by atoms with Gasteiger partial charge in [-0.05, 0) is 12.1 Å². The number of methoxy groups -OCH3 is 1. The summed E-state index contributed by atoms with van der Waals surface area (Å²) in [5.74, 6) is 0.546. The number of hydrogen-bond donors (Lipinski definition) is 1. The maximum atomic E-state index is 11.0. The Bertz CT molecular complexity index is 551. The van der Waals surface area contributed by atoms with Crippen LogP contribution in [0.4, 0.5) is 0 Å². The standard InChI is InChI=1S/C12H12N2O4/c1-17-11(16)6-5-10-13-12(14-18-10)8-3-2-4-9(15)7-8/h2-4,7,15H,5-6H2,1H3. The molecule has 2 rings (SSSR count). The summed E-state index contributed by atoms with van der Waals surface area (Å²) in [4.78, 5) is 15.1. The highest BCUT2D eigenvalue weighted by molar-refractivity contribution is 5.69. The molecule has 1 aromatic carbocycles. The van der Waals surface area contributed by atoms with E-state index in [0.717, 1.165) is 0 Å². The van der Waals surface area contributed by atoms with Gasteiger partial charge in [0.15, 0.2) is 0 Å². The van der Waals surface area contributed by atoms with E-state index in [4.69, 9.17) is 4.52 Å². The number of carbonyl (C=O) groups excluding carboxylic acids is 1. The van der Waals surface area contributed by atoms with Crippen LogP contribution in [0.3, 0.4) is 0 Å². The summed E-state index contributed by atoms with van der Waals surface area (Å²) in [7, 11) is 1.33. The molecule has 2 aromatic rings. The first-order chi connectivity index (χ1) is 8.69. The van der Waals surface area contributed by atoms with Crippen LogP contribution in [0.5, 0.6) is 5.75 Å². The third-order valence-electron chi connectivity index (χ3n) is 2.34. The van der Waals surface area contributed by atoms with Crippen LogP contribution in [0.2, 0.25) is 0 Å². The van der Waals surface area contributed by atoms with E-state index in [1.165, 1.54) is 13.2 Å². The van der Waals surface area contributed by atoms with Crippen LogP contribution in [-0.2, 0) is 16.0 Å². The molecule has 0 unspecified atom stereocenters. The van der Waals surface area contributed by atoms with Gasteiger partial charge < -0.3 is 14.4 Å². The van der Waals surface area contributed by atoms with Gasteiger partial charge in [0.25, 0.3) is 0 Å². The Balaban J connectivity index is 2.08. The quantitative estimate of drug-likeness (QED) is 0.826. The molecule has 1 aromatic heterocycles. The van der Waals surface area contributed by atoms with Crippen molar-refractivity contribution in [3.05, 3.63) is 30.2 Å². The third-order valence-corrected chi connectivity index (χ3v) is 2.34. The summed E-state index contributed by atoms with van der Waals surface area (Å²) in [6, 6.07) is 6.54. The van der Waals surface area contributed by atoms with Gasteiger partial charge in [-0.3, -0.25) is 4.79 Å². The van der Waals surface area contributed by atoms with Gasteiger partial charge in [-0.15, -0.1) is 0 Å². The fraction of sp³-hybridized carbons (Fsp3) is 0.250. The minimum atomic E-state index is -0.327. The average molecular weight is 248 g/mol. The molecule has 0 saturated heterocycles. The molecule has 0 radical (unpaired) electrons. The Morgan fingerprint density at radius 2 is 2.33 bits per heavy atom. The van der Waals surface area contributed by atoms with Crippen molar-refractivity contribution >= 4 is 5.97 Å². The van der Waals surface area contributed by atoms with E-state index < -0.39 is 0 Å². The minimum absolute atomic E-state index is 0.133. The van der Waals surface area contributed by atoms with Crippen molar-refractivity contribution in [3.63, 3.8) is 0 Å². The number of carbonyl (C=O) groups is 1. The number of phenolic OH excluding ortho intramolecular Hbond substituents is 1. The van der Waals surface area contributed by atoms with E-state index in [-0.39, 0.29) is 18.1 Å². The van der Waals surface area contributed by atoms with Gasteiger partial charge in [-0.1, -0.05) is 17.3 Å². The first-order valence-corrected chi connectivity index (χ1v) is 5.38. The fourth-order valence-electron chi connectivity index (χ4n) is 1.43. The van der Waals surface area contributed by atoms with Crippen molar-refractivity contribution in [1.29, 1.82) is 0 Å². The number of aryl methyl sites for hydroxylation is 1. The molecule has 0 aliphatic carbocycles. The second-order valence-corrected chi connectivity index (χ2v) is 3.64. The summed E-state index contributed by atoms with van der Waals surface area (Å²) >= 11 is 0. The van der Waals surface area contributed by atoms with E-state index >= 15 is 0 Å². The van der Waals surface area contributed by atoms with Gasteiger partial charge in [-0.25, -0.2) is 0 Å². The smallest absolute Gasteiger partial charge is 0.306 e. The number of aromatic hydroxyl groups is 1. The SMILES string of the molecule is COC(=O)CCc1nc(-c2cccc(O)c2)no1. The van der Waals surface area contributed by atoms with Gasteiger partial charge in [0, 0.05) is 12.0 Å². The van der Waals surface area contributed by atoms with E-state index in [1.807, 2.05) is 0 Å². The second-order valence-electron chi connectivity index (χ2n) is 3.64. The number of benzene rings is 1. The lowest BCUT2D eigenvalue weighted by molar-refractivity contribution is -0.140. The maximum Gasteiger partial charge on any atom is 0.306 e. The number of ether oxygens (including phenoxy) is 1. The van der Waals surface area contributed by atoms with Crippen molar-refractivity contribution in [1.82, 2.24) is 10.1 Å². The van der Waals surface area contributed by atoms with Crippen LogP contribution >= 0.6 is 0 Å². The molecule has 6 heteroatoms. The lowest BCUT2D eigenvalue weighted by Crippen LogP contribution is -2.01. The summed E-state index contributed by atoms with van der Waals surface area (Å²) in [6.45, 7) is 0. The Morgan fingerprint density at radius 1 is 1.50 bits per heavy atom. The molecule has 0 atom stereocenters. The zero-order valence-corrected chi connectivity index (χ0v) is 9.79. The molecular weight excluding hydrogens is 236 g/mol. The third kappa shape index (κ3) is 2.85. The lowest BCUT2D eigenvalue weighted by Gasteiger charge is -1.95. The maximum absolute atomic E-state index is 11.0. The molecular formula is C12H12N2O4. The molecule has 18 heavy (non-hydrogen) atoms. The zero-order valence-electron chi connectivity index (χ0n) is 9.79. The molecule has 0 amide bonds. The Kier molecular flexibility index (Phi) is 3.57. The van der Waals surface area contributed by atoms with Gasteiger partial charge >= 0.3 is 5.97 Å². The largest absolute Gasteiger partial charge is 0.508 e. The highest BCUT2D eigenvalue weighted by atomic mass is 16.5. The summed E-state index contributed by atoms with van der Waals surface area (Å²) in [5, 5.41) is 13.1. The van der Waals surface area contributed by atoms with Crippen molar-refractivity contribution in [3.8, 4) is 17.1 Å². The molecule has 0 bridgehead atoms. The summed E-state index contributed by atoms with van der Waals surface area (Å²) in [5.41, 5.74) is 0.656. The van der Waals surface area contributed by atoms with Crippen LogP contribution in [0, 0.1) is 0 Å². The van der Waals surface area contributed by atoms with E-state index in [0.29, 0.717) is 23.7 Å². The number of phenols is 1. The van der Waals surface area contributed by atoms with Crippen molar-refractivity contribution in [2.75, 3.05) is 7.11 Å². The molecule has 6 nitrogen and oxygen atoms in total. The summed E-state index contributed by atoms with van der Waals surface area (Å²) in [6.07, 6.45) is 0.524. The minimum Gasteiger partial charge on any atom is -0.508 e. The first-order valence-electron chi connectivity index (χ1n) is 5.38. The van der Waals surface area contributed by atoms with Crippen LogP contribution in [-0.4, -0.2) is 28.3 Å². The molecule has 0 aliphatic heterocycles. The Morgan fingerprint density at radius 3 is 3.06 bits per heavy atom. The van der Waals surface area contributed by atoms with Crippen LogP contribution in [0.25, 0.3) is 11.4 Å². The van der Waals surface area contributed by atoms with E-state index in [9.17, 15) is 9.90 Å². The first kappa shape index (κ1) is 12.1. The van der Waals surface area contributed by atoms with E-state index in [1.54, 1.807) is 18.2 Å². The average Bonchev–Trinajstić information content (AvgIpc) is 2.84. The van der Waals surface area contributed by atoms with Crippen LogP contribution in [0.15, 0.2) is 28.8 Å². The number of nitrogens with zero attached hydrogens (tertiary/aromatic N) is 2. The van der Waals surface area contributed by atoms with Crippen molar-refractivity contribution < 1.29 is 19.2 Å². The monoisotopic (exact) mass is 248 g/mol. The van der Waals surface area contributed by atoms with Crippen LogP contribution < -0.4 is 0 Å². The number of esters is 1. The topological polar surface area (TPSA) is 85.5 Å². The molecule has 0 fully saturated rings. The number of hydrogen-bond acceptors (Lipinski definition) is 6. The second kappa shape index (κ2) is 5.31. The van der Waals surface area contributed by atoms with Gasteiger partial charge in [0.2, 0.25) is 11.7 Å². The van der Waals surface area contributed by atoms with Crippen molar-refractivity contribution in [2.45, 2.75) is 12.8 Å². The lowest BCUT2D eigenvalue weighted by atomic mass is 10.2. The van der Waals surface area contributed by atoms with E-state index in [2.05, 4.69) is 14.9 Å². The normalized spacial score (nSPS) is 10.3. The molecule has 0 spiro atoms. The highest BCUT2D eigenvalue weighted by Gasteiger charge is 2.10. The number of aromatic nitrogens is 2. The molecule has 94 valence electrons. The molecule has 1 N–H and O–H groups in total. The predicted octanol–water partition coefficient (Wildman–Crippen LogP) is 1.55. The fourth-order valence-corrected chi connectivity index (χ4v) is 1.43. The van der Waals surface area contributed by atoms with Gasteiger partial charge in [-0.2, -0.15) is 4.98 Å². The molecule has 0 aliphatic rings. The highest BCUT2D eigenvalue weighted by Crippen LogP contribution is 2.20. The summed E-state index contributed by atoms with van der Waals surface area (Å²) < 4.78 is 9.52.